The van der Waals surface area contributed by atoms with E-state index >= 15 is 0 Å². The van der Waals surface area contributed by atoms with Gasteiger partial charge in [0.05, 0.1) is 0 Å². The van der Waals surface area contributed by atoms with E-state index in [9.17, 15) is 9.59 Å². The van der Waals surface area contributed by atoms with E-state index in [0.717, 1.165) is 12.7 Å². The summed E-state index contributed by atoms with van der Waals surface area (Å²) in [5.41, 5.74) is -0.987. The van der Waals surface area contributed by atoms with Crippen LogP contribution in [-0.4, -0.2) is 24.5 Å². The zero-order valence-electron chi connectivity index (χ0n) is 12.6. The first kappa shape index (κ1) is 16.0. The number of hydrogen-bond donors (Lipinski definition) is 1. The third-order valence-electron chi connectivity index (χ3n) is 3.55. The van der Waals surface area contributed by atoms with Gasteiger partial charge in [-0.15, -0.1) is 0 Å². The highest BCUT2D eigenvalue weighted by Gasteiger charge is 2.30. The molecule has 0 aromatic carbocycles. The number of amides is 1. The van der Waals surface area contributed by atoms with Crippen LogP contribution in [0.15, 0.2) is 0 Å². The molecule has 0 aliphatic heterocycles. The van der Waals surface area contributed by atoms with Gasteiger partial charge in [0.2, 0.25) is 0 Å². The summed E-state index contributed by atoms with van der Waals surface area (Å²) in [6.07, 6.45) is 6.31. The van der Waals surface area contributed by atoms with Gasteiger partial charge in [-0.3, -0.25) is 0 Å². The lowest BCUT2D eigenvalue weighted by Crippen LogP contribution is -2.40. The highest BCUT2D eigenvalue weighted by Crippen LogP contribution is 2.34. The van der Waals surface area contributed by atoms with Crippen molar-refractivity contribution < 1.29 is 14.3 Å². The van der Waals surface area contributed by atoms with Crippen molar-refractivity contribution in [3.05, 3.63) is 0 Å². The molecule has 0 spiro atoms. The van der Waals surface area contributed by atoms with Gasteiger partial charge in [0.15, 0.2) is 0 Å². The van der Waals surface area contributed by atoms with Gasteiger partial charge in [0.1, 0.15) is 11.9 Å². The average molecular weight is 269 g/mol. The Bertz CT molecular complexity index is 316. The van der Waals surface area contributed by atoms with Crippen LogP contribution in [0.4, 0.5) is 4.79 Å². The molecule has 0 bridgehead atoms. The van der Waals surface area contributed by atoms with Gasteiger partial charge in [0.25, 0.3) is 0 Å². The van der Waals surface area contributed by atoms with Gasteiger partial charge in [-0.25, -0.2) is 4.79 Å². The first-order valence-corrected chi connectivity index (χ1v) is 7.17. The third kappa shape index (κ3) is 6.08. The quantitative estimate of drug-likeness (QED) is 0.779. The van der Waals surface area contributed by atoms with Gasteiger partial charge in [-0.1, -0.05) is 32.6 Å². The number of hydrogen-bond acceptors (Lipinski definition) is 3. The Labute approximate surface area is 116 Å². The first-order chi connectivity index (χ1) is 8.74. The molecule has 1 fully saturated rings. The second kappa shape index (κ2) is 6.40. The number of aldehydes is 1. The van der Waals surface area contributed by atoms with E-state index < -0.39 is 17.1 Å². The number of carbonyl (C=O) groups excluding carboxylic acids is 2. The predicted octanol–water partition coefficient (Wildman–Crippen LogP) is 3.30. The molecule has 110 valence electrons. The molecule has 0 saturated heterocycles. The van der Waals surface area contributed by atoms with Crippen LogP contribution in [0.3, 0.4) is 0 Å². The smallest absolute Gasteiger partial charge is 0.407 e. The Morgan fingerprint density at radius 2 is 1.84 bits per heavy atom. The van der Waals surface area contributed by atoms with Crippen molar-refractivity contribution in [1.82, 2.24) is 5.32 Å². The molecular formula is C15H27NO3. The minimum Gasteiger partial charge on any atom is -0.444 e. The number of ether oxygens (including phenoxy) is 1. The van der Waals surface area contributed by atoms with Crippen LogP contribution < -0.4 is 5.32 Å². The summed E-state index contributed by atoms with van der Waals surface area (Å²) in [7, 11) is 0. The molecule has 0 radical (unpaired) electrons. The molecule has 1 saturated carbocycles. The van der Waals surface area contributed by atoms with E-state index in [1.165, 1.54) is 25.7 Å². The molecule has 0 aromatic rings. The summed E-state index contributed by atoms with van der Waals surface area (Å²) in [6.45, 7) is 7.73. The molecule has 4 nitrogen and oxygen atoms in total. The Morgan fingerprint density at radius 3 is 2.32 bits per heavy atom. The fraction of sp³-hybridized carbons (Fsp3) is 0.867. The van der Waals surface area contributed by atoms with Crippen LogP contribution in [0.2, 0.25) is 0 Å². The number of carbonyl (C=O) groups is 2. The Balaban J connectivity index is 2.42. The Morgan fingerprint density at radius 1 is 1.26 bits per heavy atom. The zero-order valence-corrected chi connectivity index (χ0v) is 12.6. The number of rotatable bonds is 5. The molecule has 1 N–H and O–H groups in total. The normalized spacial score (nSPS) is 19.8. The van der Waals surface area contributed by atoms with Crippen molar-refractivity contribution in [2.24, 2.45) is 11.3 Å². The number of alkyl carbamates (subject to hydrolysis) is 1. The monoisotopic (exact) mass is 269 g/mol. The van der Waals surface area contributed by atoms with Crippen LogP contribution in [-0.2, 0) is 9.53 Å². The van der Waals surface area contributed by atoms with Crippen LogP contribution in [0.5, 0.6) is 0 Å². The van der Waals surface area contributed by atoms with E-state index in [0.29, 0.717) is 12.5 Å². The molecule has 1 atom stereocenters. The second-order valence-electron chi connectivity index (χ2n) is 6.98. The highest BCUT2D eigenvalue weighted by atomic mass is 16.6. The summed E-state index contributed by atoms with van der Waals surface area (Å²) in [5, 5.41) is 2.71. The maximum atomic E-state index is 11.6. The average Bonchev–Trinajstić information content (AvgIpc) is 2.77. The van der Waals surface area contributed by atoms with Gasteiger partial charge in [0, 0.05) is 12.0 Å². The van der Waals surface area contributed by atoms with Crippen molar-refractivity contribution in [2.45, 2.75) is 65.4 Å². The van der Waals surface area contributed by atoms with Crippen molar-refractivity contribution in [1.29, 1.82) is 0 Å². The second-order valence-corrected chi connectivity index (χ2v) is 6.98. The molecule has 0 aromatic heterocycles. The van der Waals surface area contributed by atoms with Gasteiger partial charge in [-0.2, -0.15) is 0 Å². The maximum Gasteiger partial charge on any atom is 0.407 e. The zero-order chi connectivity index (χ0) is 14.5. The molecule has 0 heterocycles. The van der Waals surface area contributed by atoms with Gasteiger partial charge >= 0.3 is 6.09 Å². The summed E-state index contributed by atoms with van der Waals surface area (Å²) in [4.78, 5) is 22.9. The van der Waals surface area contributed by atoms with E-state index in [2.05, 4.69) is 5.32 Å². The summed E-state index contributed by atoms with van der Waals surface area (Å²) in [6, 6.07) is 0. The highest BCUT2D eigenvalue weighted by molar-refractivity contribution is 5.69. The maximum absolute atomic E-state index is 11.6. The van der Waals surface area contributed by atoms with E-state index in [-0.39, 0.29) is 0 Å². The van der Waals surface area contributed by atoms with Crippen molar-refractivity contribution in [2.75, 3.05) is 6.54 Å². The van der Waals surface area contributed by atoms with E-state index in [4.69, 9.17) is 4.74 Å². The lowest BCUT2D eigenvalue weighted by atomic mass is 9.81. The fourth-order valence-electron chi connectivity index (χ4n) is 2.62. The summed E-state index contributed by atoms with van der Waals surface area (Å²) < 4.78 is 5.18. The van der Waals surface area contributed by atoms with Gasteiger partial charge in [-0.05, 0) is 33.1 Å². The third-order valence-corrected chi connectivity index (χ3v) is 3.55. The first-order valence-electron chi connectivity index (χ1n) is 7.17. The van der Waals surface area contributed by atoms with Crippen molar-refractivity contribution >= 4 is 12.4 Å². The Kier molecular flexibility index (Phi) is 5.39. The molecule has 1 unspecified atom stereocenters. The predicted molar refractivity (Wildman–Crippen MR) is 75.0 cm³/mol. The van der Waals surface area contributed by atoms with E-state index in [1.807, 2.05) is 27.7 Å². The minimum atomic E-state index is -0.507. The van der Waals surface area contributed by atoms with Crippen molar-refractivity contribution in [3.8, 4) is 0 Å². The Hall–Kier alpha value is -1.06. The molecule has 19 heavy (non-hydrogen) atoms. The summed E-state index contributed by atoms with van der Waals surface area (Å²) in [5.74, 6) is 0.621. The fourth-order valence-corrected chi connectivity index (χ4v) is 2.62. The van der Waals surface area contributed by atoms with Crippen molar-refractivity contribution in [3.63, 3.8) is 0 Å². The SMILES string of the molecule is CC(C=O)(CNC(=O)OC(C)(C)C)CC1CCCC1. The van der Waals surface area contributed by atoms with E-state index in [1.54, 1.807) is 0 Å². The van der Waals surface area contributed by atoms with Crippen LogP contribution in [0.1, 0.15) is 59.8 Å². The van der Waals surface area contributed by atoms with Crippen LogP contribution >= 0.6 is 0 Å². The lowest BCUT2D eigenvalue weighted by Gasteiger charge is -2.27. The molecular weight excluding hydrogens is 242 g/mol. The molecule has 1 aliphatic rings. The largest absolute Gasteiger partial charge is 0.444 e. The molecule has 1 rings (SSSR count). The molecule has 1 amide bonds. The van der Waals surface area contributed by atoms with Crippen LogP contribution in [0.25, 0.3) is 0 Å². The number of nitrogens with one attached hydrogen (secondary N) is 1. The van der Waals surface area contributed by atoms with Gasteiger partial charge < -0.3 is 14.8 Å². The van der Waals surface area contributed by atoms with Crippen LogP contribution in [0, 0.1) is 11.3 Å². The molecule has 1 aliphatic carbocycles. The standard InChI is InChI=1S/C15H27NO3/c1-14(2,3)19-13(18)16-10-15(4,11-17)9-12-7-5-6-8-12/h11-12H,5-10H2,1-4H3,(H,16,18). The molecule has 4 heteroatoms. The topological polar surface area (TPSA) is 55.4 Å². The summed E-state index contributed by atoms with van der Waals surface area (Å²) >= 11 is 0. The lowest BCUT2D eigenvalue weighted by molar-refractivity contribution is -0.116. The minimum absolute atomic E-state index is 0.349.